The number of rotatable bonds is 7. The number of hydrogen-bond acceptors (Lipinski definition) is 4. The lowest BCUT2D eigenvalue weighted by Crippen LogP contribution is -2.32. The minimum absolute atomic E-state index is 0.0131. The van der Waals surface area contributed by atoms with Crippen molar-refractivity contribution in [1.29, 1.82) is 0 Å². The van der Waals surface area contributed by atoms with E-state index in [0.29, 0.717) is 6.42 Å². The zero-order valence-electron chi connectivity index (χ0n) is 10.5. The summed E-state index contributed by atoms with van der Waals surface area (Å²) in [5.41, 5.74) is 0.606. The molecule has 0 aliphatic carbocycles. The third-order valence-corrected chi connectivity index (χ3v) is 2.50. The van der Waals surface area contributed by atoms with Crippen LogP contribution in [0, 0.1) is 0 Å². The molecule has 1 aromatic rings. The second-order valence-electron chi connectivity index (χ2n) is 3.92. The van der Waals surface area contributed by atoms with E-state index >= 15 is 0 Å². The van der Waals surface area contributed by atoms with E-state index in [1.807, 2.05) is 30.3 Å². The van der Waals surface area contributed by atoms with Gasteiger partial charge in [0.1, 0.15) is 0 Å². The van der Waals surface area contributed by atoms with Crippen LogP contribution < -0.4 is 0 Å². The fourth-order valence-corrected chi connectivity index (χ4v) is 1.45. The van der Waals surface area contributed by atoms with Gasteiger partial charge >= 0.3 is 0 Å². The van der Waals surface area contributed by atoms with Crippen molar-refractivity contribution >= 4 is 11.6 Å². The van der Waals surface area contributed by atoms with Crippen molar-refractivity contribution in [3.05, 3.63) is 35.9 Å². The standard InChI is InChI=1S/C12H18ClN3O2/c1-10(13)18-15-14-16(2)12(9-17)8-11-6-4-3-5-7-11/h3-7,10,12,17H,8-9H2,1-2H3. The van der Waals surface area contributed by atoms with E-state index in [9.17, 15) is 5.11 Å². The maximum Gasteiger partial charge on any atom is 0.199 e. The van der Waals surface area contributed by atoms with Crippen molar-refractivity contribution < 1.29 is 9.94 Å². The van der Waals surface area contributed by atoms with Crippen LogP contribution in [0.2, 0.25) is 0 Å². The van der Waals surface area contributed by atoms with Crippen molar-refractivity contribution in [2.24, 2.45) is 10.5 Å². The Morgan fingerprint density at radius 3 is 2.61 bits per heavy atom. The number of halogens is 1. The lowest BCUT2D eigenvalue weighted by Gasteiger charge is -2.22. The van der Waals surface area contributed by atoms with E-state index in [4.69, 9.17) is 16.4 Å². The quantitative estimate of drug-likeness (QED) is 0.471. The highest BCUT2D eigenvalue weighted by Gasteiger charge is 2.13. The second kappa shape index (κ2) is 7.89. The summed E-state index contributed by atoms with van der Waals surface area (Å²) in [6.07, 6.45) is 0.684. The van der Waals surface area contributed by atoms with Gasteiger partial charge in [-0.2, -0.15) is 0 Å². The van der Waals surface area contributed by atoms with Crippen molar-refractivity contribution in [3.63, 3.8) is 0 Å². The number of likely N-dealkylation sites (N-methyl/N-ethyl adjacent to an activating group) is 1. The minimum atomic E-state index is -0.524. The maximum atomic E-state index is 9.36. The molecule has 0 fully saturated rings. The topological polar surface area (TPSA) is 57.4 Å². The Morgan fingerprint density at radius 1 is 1.39 bits per heavy atom. The summed E-state index contributed by atoms with van der Waals surface area (Å²) >= 11 is 5.56. The smallest absolute Gasteiger partial charge is 0.199 e. The SMILES string of the molecule is CC(Cl)ON=NN(C)C(CO)Cc1ccccc1. The molecule has 2 atom stereocenters. The van der Waals surface area contributed by atoms with Crippen LogP contribution in [-0.2, 0) is 11.3 Å². The third kappa shape index (κ3) is 5.33. The van der Waals surface area contributed by atoms with Gasteiger partial charge in [-0.05, 0) is 24.1 Å². The first-order chi connectivity index (χ1) is 8.63. The third-order valence-electron chi connectivity index (χ3n) is 2.42. The highest BCUT2D eigenvalue weighted by atomic mass is 35.5. The summed E-state index contributed by atoms with van der Waals surface area (Å²) < 4.78 is 0. The van der Waals surface area contributed by atoms with Crippen LogP contribution >= 0.6 is 11.6 Å². The molecule has 1 N–H and O–H groups in total. The molecule has 0 spiro atoms. The molecule has 0 bridgehead atoms. The van der Waals surface area contributed by atoms with E-state index in [1.165, 1.54) is 0 Å². The number of alkyl halides is 1. The number of aliphatic hydroxyl groups excluding tert-OH is 1. The zero-order chi connectivity index (χ0) is 13.4. The normalized spacial score (nSPS) is 14.4. The lowest BCUT2D eigenvalue weighted by molar-refractivity contribution is 0.0652. The van der Waals surface area contributed by atoms with Gasteiger partial charge in [-0.3, -0.25) is 5.01 Å². The molecule has 0 saturated carbocycles. The molecule has 0 saturated heterocycles. The summed E-state index contributed by atoms with van der Waals surface area (Å²) in [6.45, 7) is 1.63. The number of hydrogen-bond donors (Lipinski definition) is 1. The molecule has 0 aliphatic rings. The fourth-order valence-electron chi connectivity index (χ4n) is 1.42. The van der Waals surface area contributed by atoms with Crippen molar-refractivity contribution in [3.8, 4) is 0 Å². The Bertz CT molecular complexity index is 360. The van der Waals surface area contributed by atoms with E-state index in [-0.39, 0.29) is 12.6 Å². The summed E-state index contributed by atoms with van der Waals surface area (Å²) in [7, 11) is 1.73. The monoisotopic (exact) mass is 271 g/mol. The van der Waals surface area contributed by atoms with Gasteiger partial charge < -0.3 is 9.94 Å². The van der Waals surface area contributed by atoms with Gasteiger partial charge in [0.2, 0.25) is 0 Å². The molecule has 5 nitrogen and oxygen atoms in total. The molecule has 0 amide bonds. The Kier molecular flexibility index (Phi) is 6.46. The molecule has 0 heterocycles. The van der Waals surface area contributed by atoms with E-state index in [1.54, 1.807) is 19.0 Å². The average molecular weight is 272 g/mol. The Hall–Kier alpha value is -1.33. The van der Waals surface area contributed by atoms with Crippen LogP contribution in [0.4, 0.5) is 0 Å². The van der Waals surface area contributed by atoms with Gasteiger partial charge in [-0.1, -0.05) is 41.9 Å². The number of benzene rings is 1. The van der Waals surface area contributed by atoms with Crippen molar-refractivity contribution in [2.45, 2.75) is 24.9 Å². The fraction of sp³-hybridized carbons (Fsp3) is 0.500. The number of nitrogens with zero attached hydrogens (tertiary/aromatic N) is 3. The molecule has 1 rings (SSSR count). The molecule has 0 radical (unpaired) electrons. The average Bonchev–Trinajstić information content (AvgIpc) is 2.36. The first-order valence-electron chi connectivity index (χ1n) is 5.72. The van der Waals surface area contributed by atoms with Crippen molar-refractivity contribution in [2.75, 3.05) is 13.7 Å². The van der Waals surface area contributed by atoms with Gasteiger partial charge in [0.05, 0.1) is 12.6 Å². The minimum Gasteiger partial charge on any atom is -0.394 e. The van der Waals surface area contributed by atoms with Gasteiger partial charge in [0.15, 0.2) is 5.56 Å². The molecular formula is C12H18ClN3O2. The largest absolute Gasteiger partial charge is 0.394 e. The summed E-state index contributed by atoms with van der Waals surface area (Å²) in [5, 5.41) is 18.2. The maximum absolute atomic E-state index is 9.36. The van der Waals surface area contributed by atoms with E-state index < -0.39 is 5.56 Å². The molecule has 1 aromatic carbocycles. The van der Waals surface area contributed by atoms with Gasteiger partial charge in [0.25, 0.3) is 0 Å². The van der Waals surface area contributed by atoms with Crippen LogP contribution in [0.3, 0.4) is 0 Å². The zero-order valence-corrected chi connectivity index (χ0v) is 11.3. The highest BCUT2D eigenvalue weighted by molar-refractivity contribution is 6.19. The molecule has 18 heavy (non-hydrogen) atoms. The Morgan fingerprint density at radius 2 is 2.06 bits per heavy atom. The van der Waals surface area contributed by atoms with E-state index in [2.05, 4.69) is 10.5 Å². The highest BCUT2D eigenvalue weighted by Crippen LogP contribution is 2.08. The predicted molar refractivity (Wildman–Crippen MR) is 70.0 cm³/mol. The van der Waals surface area contributed by atoms with Crippen molar-refractivity contribution in [1.82, 2.24) is 5.01 Å². The van der Waals surface area contributed by atoms with Crippen LogP contribution in [0.5, 0.6) is 0 Å². The predicted octanol–water partition coefficient (Wildman–Crippen LogP) is 2.41. The summed E-state index contributed by atoms with van der Waals surface area (Å²) in [6, 6.07) is 9.74. The van der Waals surface area contributed by atoms with Gasteiger partial charge in [0, 0.05) is 12.3 Å². The summed E-state index contributed by atoms with van der Waals surface area (Å²) in [4.78, 5) is 4.76. The van der Waals surface area contributed by atoms with Crippen LogP contribution in [0.1, 0.15) is 12.5 Å². The van der Waals surface area contributed by atoms with Crippen LogP contribution in [0.15, 0.2) is 40.8 Å². The van der Waals surface area contributed by atoms with Gasteiger partial charge in [-0.25, -0.2) is 0 Å². The summed E-state index contributed by atoms with van der Waals surface area (Å²) in [5.74, 6) is 0. The first-order valence-corrected chi connectivity index (χ1v) is 6.15. The molecule has 6 heteroatoms. The molecule has 2 unspecified atom stereocenters. The second-order valence-corrected chi connectivity index (χ2v) is 4.53. The number of aliphatic hydroxyl groups is 1. The molecular weight excluding hydrogens is 254 g/mol. The van der Waals surface area contributed by atoms with E-state index in [0.717, 1.165) is 5.56 Å². The lowest BCUT2D eigenvalue weighted by atomic mass is 10.1. The van der Waals surface area contributed by atoms with Crippen LogP contribution in [-0.4, -0.2) is 35.4 Å². The first kappa shape index (κ1) is 14.7. The van der Waals surface area contributed by atoms with Gasteiger partial charge in [-0.15, -0.1) is 0 Å². The molecule has 0 aliphatic heterocycles. The molecule has 100 valence electrons. The van der Waals surface area contributed by atoms with Crippen LogP contribution in [0.25, 0.3) is 0 Å². The Labute approximate surface area is 112 Å². The molecule has 0 aromatic heterocycles. The Balaban J connectivity index is 2.52.